The molecule has 2 aromatic rings. The lowest BCUT2D eigenvalue weighted by atomic mass is 10.1. The van der Waals surface area contributed by atoms with Gasteiger partial charge in [-0.2, -0.15) is 0 Å². The summed E-state index contributed by atoms with van der Waals surface area (Å²) in [4.78, 5) is 38.1. The Morgan fingerprint density at radius 3 is 2.47 bits per heavy atom. The van der Waals surface area contributed by atoms with Crippen LogP contribution in [0.3, 0.4) is 0 Å². The SMILES string of the molecule is CCOc1cc(/C=C2/SC(=O)N(CC(=O)OC(C)C)C2=O)cc(I)c1OCc1ccc(I)cc1. The van der Waals surface area contributed by atoms with Crippen LogP contribution in [0.25, 0.3) is 6.08 Å². The predicted molar refractivity (Wildman–Crippen MR) is 148 cm³/mol. The van der Waals surface area contributed by atoms with Gasteiger partial charge in [0, 0.05) is 3.57 Å². The van der Waals surface area contributed by atoms with Gasteiger partial charge in [0.15, 0.2) is 11.5 Å². The zero-order valence-corrected chi connectivity index (χ0v) is 23.9. The summed E-state index contributed by atoms with van der Waals surface area (Å²) in [7, 11) is 0. The number of ether oxygens (including phenoxy) is 3. The van der Waals surface area contributed by atoms with E-state index in [4.69, 9.17) is 14.2 Å². The molecule has 1 saturated heterocycles. The number of amides is 2. The molecule has 1 aliphatic rings. The van der Waals surface area contributed by atoms with E-state index < -0.39 is 23.7 Å². The molecule has 0 unspecified atom stereocenters. The van der Waals surface area contributed by atoms with Crippen LogP contribution in [-0.4, -0.2) is 41.3 Å². The number of esters is 1. The van der Waals surface area contributed by atoms with Crippen molar-refractivity contribution in [3.63, 3.8) is 0 Å². The number of thioether (sulfide) groups is 1. The smallest absolute Gasteiger partial charge is 0.326 e. The maximum Gasteiger partial charge on any atom is 0.326 e. The Balaban J connectivity index is 1.80. The van der Waals surface area contributed by atoms with E-state index in [1.165, 1.54) is 0 Å². The number of hydrogen-bond acceptors (Lipinski definition) is 7. The number of rotatable bonds is 9. The minimum atomic E-state index is -0.624. The van der Waals surface area contributed by atoms with Gasteiger partial charge >= 0.3 is 5.97 Å². The molecule has 10 heteroatoms. The molecule has 1 fully saturated rings. The zero-order valence-electron chi connectivity index (χ0n) is 18.8. The molecule has 3 rings (SSSR count). The normalized spacial score (nSPS) is 14.8. The van der Waals surface area contributed by atoms with Gasteiger partial charge in [0.05, 0.1) is 21.2 Å². The van der Waals surface area contributed by atoms with Crippen molar-refractivity contribution >= 4 is 80.1 Å². The molecule has 0 N–H and O–H groups in total. The highest BCUT2D eigenvalue weighted by molar-refractivity contribution is 14.1. The van der Waals surface area contributed by atoms with Crippen LogP contribution in [0.15, 0.2) is 41.3 Å². The van der Waals surface area contributed by atoms with Gasteiger partial charge in [0.1, 0.15) is 13.2 Å². The minimum absolute atomic E-state index is 0.230. The van der Waals surface area contributed by atoms with Gasteiger partial charge in [-0.25, -0.2) is 0 Å². The van der Waals surface area contributed by atoms with Crippen LogP contribution in [0.5, 0.6) is 11.5 Å². The van der Waals surface area contributed by atoms with E-state index in [0.717, 1.165) is 29.4 Å². The molecule has 0 aromatic heterocycles. The predicted octanol–water partition coefficient (Wildman–Crippen LogP) is 5.86. The minimum Gasteiger partial charge on any atom is -0.490 e. The van der Waals surface area contributed by atoms with Crippen LogP contribution in [0.4, 0.5) is 4.79 Å². The first-order chi connectivity index (χ1) is 16.2. The molecule has 0 radical (unpaired) electrons. The lowest BCUT2D eigenvalue weighted by molar-refractivity contribution is -0.149. The van der Waals surface area contributed by atoms with Gasteiger partial charge in [-0.3, -0.25) is 19.3 Å². The van der Waals surface area contributed by atoms with E-state index in [2.05, 4.69) is 45.2 Å². The van der Waals surface area contributed by atoms with Gasteiger partial charge in [0.2, 0.25) is 0 Å². The summed E-state index contributed by atoms with van der Waals surface area (Å²) in [5.41, 5.74) is 1.72. The van der Waals surface area contributed by atoms with Crippen molar-refractivity contribution in [2.24, 2.45) is 0 Å². The summed E-state index contributed by atoms with van der Waals surface area (Å²) >= 11 is 5.21. The highest BCUT2D eigenvalue weighted by Crippen LogP contribution is 2.38. The van der Waals surface area contributed by atoms with Crippen molar-refractivity contribution in [2.45, 2.75) is 33.5 Å². The van der Waals surface area contributed by atoms with Crippen molar-refractivity contribution in [1.29, 1.82) is 0 Å². The first-order valence-corrected chi connectivity index (χ1v) is 13.4. The topological polar surface area (TPSA) is 82.1 Å². The molecule has 1 heterocycles. The Hall–Kier alpha value is -1.80. The Kier molecular flexibility index (Phi) is 9.65. The molecule has 1 aliphatic heterocycles. The van der Waals surface area contributed by atoms with E-state index in [0.29, 0.717) is 30.3 Å². The number of benzene rings is 2. The molecule has 34 heavy (non-hydrogen) atoms. The third-order valence-electron chi connectivity index (χ3n) is 4.45. The van der Waals surface area contributed by atoms with Crippen molar-refractivity contribution in [2.75, 3.05) is 13.2 Å². The molecular weight excluding hydrogens is 684 g/mol. The highest BCUT2D eigenvalue weighted by Gasteiger charge is 2.36. The van der Waals surface area contributed by atoms with Crippen LogP contribution in [-0.2, 0) is 20.9 Å². The Morgan fingerprint density at radius 2 is 1.82 bits per heavy atom. The largest absolute Gasteiger partial charge is 0.490 e. The van der Waals surface area contributed by atoms with Crippen LogP contribution >= 0.6 is 56.9 Å². The summed E-state index contributed by atoms with van der Waals surface area (Å²) < 4.78 is 18.9. The standard InChI is InChI=1S/C24H23I2NO6S/c1-4-31-19-10-16(9-18(26)22(19)32-13-15-5-7-17(25)8-6-15)11-20-23(29)27(24(30)34-20)12-21(28)33-14(2)3/h5-11,14H,4,12-13H2,1-3H3/b20-11+. The summed E-state index contributed by atoms with van der Waals surface area (Å²) in [5, 5.41) is -0.505. The monoisotopic (exact) mass is 707 g/mol. The highest BCUT2D eigenvalue weighted by atomic mass is 127. The quantitative estimate of drug-likeness (QED) is 0.184. The fourth-order valence-electron chi connectivity index (χ4n) is 3.03. The van der Waals surface area contributed by atoms with Crippen LogP contribution in [0, 0.1) is 7.14 Å². The van der Waals surface area contributed by atoms with Crippen molar-refractivity contribution in [3.05, 3.63) is 59.6 Å². The number of nitrogens with zero attached hydrogens (tertiary/aromatic N) is 1. The average Bonchev–Trinajstić information content (AvgIpc) is 3.01. The van der Waals surface area contributed by atoms with E-state index in [9.17, 15) is 14.4 Å². The molecule has 0 bridgehead atoms. The van der Waals surface area contributed by atoms with E-state index in [-0.39, 0.29) is 11.0 Å². The summed E-state index contributed by atoms with van der Waals surface area (Å²) in [6.07, 6.45) is 1.29. The maximum atomic E-state index is 12.7. The van der Waals surface area contributed by atoms with Crippen molar-refractivity contribution in [3.8, 4) is 11.5 Å². The van der Waals surface area contributed by atoms with Crippen molar-refractivity contribution in [1.82, 2.24) is 4.90 Å². The van der Waals surface area contributed by atoms with Crippen molar-refractivity contribution < 1.29 is 28.6 Å². The second-order valence-corrected chi connectivity index (χ2v) is 10.9. The van der Waals surface area contributed by atoms with Crippen LogP contribution in [0.2, 0.25) is 0 Å². The first-order valence-electron chi connectivity index (χ1n) is 10.5. The first kappa shape index (κ1) is 26.8. The number of hydrogen-bond donors (Lipinski definition) is 0. The lowest BCUT2D eigenvalue weighted by Crippen LogP contribution is -2.35. The van der Waals surface area contributed by atoms with Gasteiger partial charge in [-0.15, -0.1) is 0 Å². The molecule has 180 valence electrons. The molecule has 2 amide bonds. The maximum absolute atomic E-state index is 12.7. The number of carbonyl (C=O) groups excluding carboxylic acids is 3. The van der Waals surface area contributed by atoms with Gasteiger partial charge < -0.3 is 14.2 Å². The molecule has 0 aliphatic carbocycles. The molecule has 0 saturated carbocycles. The average molecular weight is 707 g/mol. The fourth-order valence-corrected chi connectivity index (χ4v) is 5.01. The molecule has 0 atom stereocenters. The fraction of sp³-hybridized carbons (Fsp3) is 0.292. The Labute approximate surface area is 229 Å². The number of carbonyl (C=O) groups is 3. The van der Waals surface area contributed by atoms with Gasteiger partial charge in [-0.1, -0.05) is 12.1 Å². The lowest BCUT2D eigenvalue weighted by Gasteiger charge is -2.15. The zero-order chi connectivity index (χ0) is 24.8. The van der Waals surface area contributed by atoms with E-state index >= 15 is 0 Å². The number of halogens is 2. The molecule has 7 nitrogen and oxygen atoms in total. The third-order valence-corrected chi connectivity index (χ3v) is 6.88. The van der Waals surface area contributed by atoms with E-state index in [1.54, 1.807) is 26.0 Å². The van der Waals surface area contributed by atoms with Crippen LogP contribution < -0.4 is 9.47 Å². The Bertz CT molecular complexity index is 1120. The molecular formula is C24H23I2NO6S. The summed E-state index contributed by atoms with van der Waals surface area (Å²) in [5.74, 6) is 0.0117. The third kappa shape index (κ3) is 7.11. The summed E-state index contributed by atoms with van der Waals surface area (Å²) in [6.45, 7) is 5.71. The number of imide groups is 1. The summed E-state index contributed by atoms with van der Waals surface area (Å²) in [6, 6.07) is 11.7. The molecule has 2 aromatic carbocycles. The molecule has 0 spiro atoms. The van der Waals surface area contributed by atoms with Crippen LogP contribution in [0.1, 0.15) is 31.9 Å². The Morgan fingerprint density at radius 1 is 1.12 bits per heavy atom. The second-order valence-electron chi connectivity index (χ2n) is 7.48. The second kappa shape index (κ2) is 12.2. The van der Waals surface area contributed by atoms with E-state index in [1.807, 2.05) is 37.3 Å². The van der Waals surface area contributed by atoms with Gasteiger partial charge in [0.25, 0.3) is 11.1 Å². The van der Waals surface area contributed by atoms with Gasteiger partial charge in [-0.05, 0) is 119 Å².